The van der Waals surface area contributed by atoms with Crippen LogP contribution in [-0.4, -0.2) is 71.4 Å². The molecule has 2 N–H and O–H groups in total. The van der Waals surface area contributed by atoms with Gasteiger partial charge in [-0.3, -0.25) is 14.5 Å². The van der Waals surface area contributed by atoms with E-state index in [1.54, 1.807) is 31.2 Å². The third-order valence-electron chi connectivity index (χ3n) is 6.65. The van der Waals surface area contributed by atoms with Gasteiger partial charge < -0.3 is 20.3 Å². The number of nitrogens with zero attached hydrogens (tertiary/aromatic N) is 4. The summed E-state index contributed by atoms with van der Waals surface area (Å²) in [5.41, 5.74) is 0.217. The summed E-state index contributed by atoms with van der Waals surface area (Å²) in [6.07, 6.45) is -4.69. The van der Waals surface area contributed by atoms with Gasteiger partial charge in [-0.05, 0) is 43.8 Å². The number of aryl methyl sites for hydroxylation is 1. The molecule has 0 aliphatic carbocycles. The highest BCUT2D eigenvalue weighted by Gasteiger charge is 2.34. The smallest absolute Gasteiger partial charge is 0.417 e. The molecule has 1 aliphatic heterocycles. The number of ether oxygens (including phenoxy) is 1. The maximum atomic E-state index is 13.2. The fraction of sp³-hybridized carbons (Fsp3) is 0.286. The second-order valence-corrected chi connectivity index (χ2v) is 11.2. The van der Waals surface area contributed by atoms with Crippen molar-refractivity contribution in [2.75, 3.05) is 50.4 Å². The molecular formula is C28H26ClF3N6O3S. The molecule has 0 unspecified atom stereocenters. The highest BCUT2D eigenvalue weighted by molar-refractivity contribution is 7.21. The Morgan fingerprint density at radius 1 is 1.05 bits per heavy atom. The average Bonchev–Trinajstić information content (AvgIpc) is 3.32. The molecule has 2 amide bonds. The fourth-order valence-electron chi connectivity index (χ4n) is 4.30. The highest BCUT2D eigenvalue weighted by Crippen LogP contribution is 2.37. The lowest BCUT2D eigenvalue weighted by Gasteiger charge is -2.31. The first-order valence-corrected chi connectivity index (χ1v) is 14.1. The van der Waals surface area contributed by atoms with E-state index in [0.717, 1.165) is 43.9 Å². The number of nitrogens with one attached hydrogen (secondary N) is 2. The molecule has 4 aromatic rings. The molecule has 220 valence electrons. The molecule has 2 aromatic heterocycles. The number of piperazine rings is 1. The molecule has 0 saturated carbocycles. The van der Waals surface area contributed by atoms with Crippen molar-refractivity contribution in [3.63, 3.8) is 0 Å². The van der Waals surface area contributed by atoms with Crippen molar-refractivity contribution in [3.8, 4) is 11.6 Å². The number of anilines is 2. The number of likely N-dealkylation sites (N-methyl/N-ethyl adjacent to an activating group) is 1. The molecule has 0 radical (unpaired) electrons. The van der Waals surface area contributed by atoms with Crippen molar-refractivity contribution in [1.82, 2.24) is 19.8 Å². The van der Waals surface area contributed by atoms with Gasteiger partial charge in [-0.2, -0.15) is 13.2 Å². The largest absolute Gasteiger partial charge is 0.439 e. The van der Waals surface area contributed by atoms with Gasteiger partial charge >= 0.3 is 6.18 Å². The lowest BCUT2D eigenvalue weighted by atomic mass is 10.1. The van der Waals surface area contributed by atoms with Crippen LogP contribution in [0.1, 0.15) is 21.5 Å². The van der Waals surface area contributed by atoms with E-state index >= 15 is 0 Å². The summed E-state index contributed by atoms with van der Waals surface area (Å²) in [5, 5.41) is 5.17. The van der Waals surface area contributed by atoms with Crippen LogP contribution >= 0.6 is 22.9 Å². The number of hydrogen-bond donors (Lipinski definition) is 2. The zero-order valence-corrected chi connectivity index (χ0v) is 24.2. The Labute approximate surface area is 248 Å². The lowest BCUT2D eigenvalue weighted by molar-refractivity contribution is -0.137. The molecule has 2 aromatic carbocycles. The first-order valence-electron chi connectivity index (χ1n) is 12.9. The second kappa shape index (κ2) is 12.2. The van der Waals surface area contributed by atoms with E-state index in [1.165, 1.54) is 23.5 Å². The van der Waals surface area contributed by atoms with E-state index in [2.05, 4.69) is 37.4 Å². The van der Waals surface area contributed by atoms with Crippen LogP contribution in [-0.2, 0) is 11.0 Å². The maximum Gasteiger partial charge on any atom is 0.417 e. The lowest BCUT2D eigenvalue weighted by Crippen LogP contribution is -2.47. The minimum Gasteiger partial charge on any atom is -0.439 e. The number of pyridine rings is 1. The summed E-state index contributed by atoms with van der Waals surface area (Å²) < 4.78 is 45.6. The average molecular weight is 619 g/mol. The van der Waals surface area contributed by atoms with Gasteiger partial charge in [-0.25, -0.2) is 9.97 Å². The van der Waals surface area contributed by atoms with E-state index in [-0.39, 0.29) is 23.9 Å². The fourth-order valence-corrected chi connectivity index (χ4v) is 5.47. The number of alkyl halides is 3. The van der Waals surface area contributed by atoms with Gasteiger partial charge in [0, 0.05) is 44.0 Å². The van der Waals surface area contributed by atoms with Crippen LogP contribution < -0.4 is 15.4 Å². The van der Waals surface area contributed by atoms with Crippen LogP contribution in [0.15, 0.2) is 48.5 Å². The van der Waals surface area contributed by atoms with Crippen LogP contribution in [0.4, 0.5) is 24.0 Å². The number of halogens is 4. The Bertz CT molecular complexity index is 1640. The zero-order chi connectivity index (χ0) is 30.0. The van der Waals surface area contributed by atoms with Crippen LogP contribution in [0.2, 0.25) is 5.02 Å². The number of carbonyl (C=O) groups excluding carboxylic acids is 2. The van der Waals surface area contributed by atoms with Crippen LogP contribution in [0.5, 0.6) is 11.6 Å². The summed E-state index contributed by atoms with van der Waals surface area (Å²) >= 11 is 7.12. The van der Waals surface area contributed by atoms with E-state index < -0.39 is 22.7 Å². The molecule has 14 heteroatoms. The third-order valence-corrected chi connectivity index (χ3v) is 7.94. The molecular weight excluding hydrogens is 593 g/mol. The van der Waals surface area contributed by atoms with Crippen LogP contribution in [0, 0.1) is 6.92 Å². The number of rotatable bonds is 7. The standard InChI is InChI=1S/C28H26ClF3N6O3S/c1-16-6-7-17(33-25(40)18-4-3-5-19(24(18)29)28(30,31)32)14-21(16)41-23-9-8-20-26(36-23)42-27(34-20)35-22(39)15-38-12-10-37(2)11-13-38/h3-9,14H,10-13,15H2,1-2H3,(H,33,40)(H,34,35,39). The normalized spacial score (nSPS) is 14.6. The Hall–Kier alpha value is -3.78. The monoisotopic (exact) mass is 618 g/mol. The van der Waals surface area contributed by atoms with Gasteiger partial charge in [0.2, 0.25) is 11.8 Å². The van der Waals surface area contributed by atoms with E-state index in [0.29, 0.717) is 26.9 Å². The van der Waals surface area contributed by atoms with Gasteiger partial charge in [0.05, 0.1) is 22.7 Å². The van der Waals surface area contributed by atoms with Crippen molar-refractivity contribution in [1.29, 1.82) is 0 Å². The predicted molar refractivity (Wildman–Crippen MR) is 156 cm³/mol. The predicted octanol–water partition coefficient (Wildman–Crippen LogP) is 5.90. The minimum absolute atomic E-state index is 0.143. The van der Waals surface area contributed by atoms with Gasteiger partial charge in [0.25, 0.3) is 5.91 Å². The Balaban J connectivity index is 1.26. The maximum absolute atomic E-state index is 13.2. The number of thiazole rings is 1. The number of hydrogen-bond acceptors (Lipinski definition) is 8. The molecule has 1 fully saturated rings. The second-order valence-electron chi connectivity index (χ2n) is 9.82. The molecule has 0 spiro atoms. The molecule has 1 aliphatic rings. The number of amides is 2. The van der Waals surface area contributed by atoms with Crippen molar-refractivity contribution in [3.05, 3.63) is 70.2 Å². The van der Waals surface area contributed by atoms with Gasteiger partial charge in [0.15, 0.2) is 5.13 Å². The molecule has 42 heavy (non-hydrogen) atoms. The molecule has 0 atom stereocenters. The molecule has 0 bridgehead atoms. The number of benzene rings is 2. The first-order chi connectivity index (χ1) is 20.0. The number of aromatic nitrogens is 2. The van der Waals surface area contributed by atoms with Crippen LogP contribution in [0.3, 0.4) is 0 Å². The topological polar surface area (TPSA) is 99.7 Å². The molecule has 1 saturated heterocycles. The number of fused-ring (bicyclic) bond motifs is 1. The third kappa shape index (κ3) is 6.98. The van der Waals surface area contributed by atoms with Gasteiger partial charge in [-0.15, -0.1) is 0 Å². The molecule has 5 rings (SSSR count). The van der Waals surface area contributed by atoms with Gasteiger partial charge in [0.1, 0.15) is 16.1 Å². The van der Waals surface area contributed by atoms with Crippen molar-refractivity contribution >= 4 is 55.9 Å². The van der Waals surface area contributed by atoms with Crippen molar-refractivity contribution in [2.24, 2.45) is 0 Å². The summed E-state index contributed by atoms with van der Waals surface area (Å²) in [4.78, 5) is 39.1. The first kappa shape index (κ1) is 29.7. The zero-order valence-electron chi connectivity index (χ0n) is 22.6. The summed E-state index contributed by atoms with van der Waals surface area (Å²) in [6.45, 7) is 5.58. The van der Waals surface area contributed by atoms with E-state index in [4.69, 9.17) is 16.3 Å². The van der Waals surface area contributed by atoms with E-state index in [1.807, 2.05) is 0 Å². The highest BCUT2D eigenvalue weighted by atomic mass is 35.5. The summed E-state index contributed by atoms with van der Waals surface area (Å²) in [5.74, 6) is -0.308. The van der Waals surface area contributed by atoms with Crippen LogP contribution in [0.25, 0.3) is 10.3 Å². The van der Waals surface area contributed by atoms with E-state index in [9.17, 15) is 22.8 Å². The Morgan fingerprint density at radius 3 is 2.55 bits per heavy atom. The minimum atomic E-state index is -4.69. The SMILES string of the molecule is Cc1ccc(NC(=O)c2cccc(C(F)(F)F)c2Cl)cc1Oc1ccc2nc(NC(=O)CN3CCN(C)CC3)sc2n1. The summed E-state index contributed by atoms with van der Waals surface area (Å²) in [6, 6.07) is 11.3. The number of carbonyl (C=O) groups is 2. The van der Waals surface area contributed by atoms with Gasteiger partial charge in [-0.1, -0.05) is 35.1 Å². The van der Waals surface area contributed by atoms with Crippen molar-refractivity contribution < 1.29 is 27.5 Å². The Morgan fingerprint density at radius 2 is 1.81 bits per heavy atom. The summed E-state index contributed by atoms with van der Waals surface area (Å²) in [7, 11) is 2.06. The molecule has 9 nitrogen and oxygen atoms in total. The van der Waals surface area contributed by atoms with Crippen molar-refractivity contribution in [2.45, 2.75) is 13.1 Å². The Kier molecular flexibility index (Phi) is 8.64. The quantitative estimate of drug-likeness (QED) is 0.266. The molecule has 3 heterocycles.